The van der Waals surface area contributed by atoms with Gasteiger partial charge in [0.05, 0.1) is 17.1 Å². The summed E-state index contributed by atoms with van der Waals surface area (Å²) in [7, 11) is -4.13. The zero-order chi connectivity index (χ0) is 25.9. The Morgan fingerprint density at radius 3 is 2.42 bits per heavy atom. The second-order valence-corrected chi connectivity index (χ2v) is 10.0. The van der Waals surface area contributed by atoms with Crippen LogP contribution in [0.25, 0.3) is 11.5 Å². The fourth-order valence-electron chi connectivity index (χ4n) is 3.75. The highest BCUT2D eigenvalue weighted by Gasteiger charge is 2.34. The third-order valence-electron chi connectivity index (χ3n) is 5.61. The maximum atomic E-state index is 13.0. The van der Waals surface area contributed by atoms with Gasteiger partial charge in [0.15, 0.2) is 0 Å². The van der Waals surface area contributed by atoms with E-state index in [0.29, 0.717) is 24.0 Å². The minimum atomic E-state index is -4.65. The fraction of sp³-hybridized carbons (Fsp3) is 0.333. The van der Waals surface area contributed by atoms with E-state index in [1.807, 2.05) is 13.0 Å². The third-order valence-corrected chi connectivity index (χ3v) is 7.51. The van der Waals surface area contributed by atoms with Crippen molar-refractivity contribution in [1.82, 2.24) is 9.29 Å². The van der Waals surface area contributed by atoms with Gasteiger partial charge in [-0.05, 0) is 48.9 Å². The number of nitrogens with zero attached hydrogens (tertiary/aromatic N) is 4. The molecule has 0 atom stereocenters. The van der Waals surface area contributed by atoms with Crippen LogP contribution < -0.4 is 9.64 Å². The lowest BCUT2D eigenvalue weighted by molar-refractivity contribution is -0.137. The first-order chi connectivity index (χ1) is 17.1. The maximum absolute atomic E-state index is 13.0. The van der Waals surface area contributed by atoms with Gasteiger partial charge >= 0.3 is 6.18 Å². The van der Waals surface area contributed by atoms with E-state index in [1.54, 1.807) is 29.2 Å². The maximum Gasteiger partial charge on any atom is 0.416 e. The zero-order valence-corrected chi connectivity index (χ0v) is 20.1. The van der Waals surface area contributed by atoms with Crippen molar-refractivity contribution in [3.63, 3.8) is 0 Å². The zero-order valence-electron chi connectivity index (χ0n) is 19.3. The van der Waals surface area contributed by atoms with Crippen LogP contribution in [0.1, 0.15) is 24.6 Å². The van der Waals surface area contributed by atoms with E-state index in [9.17, 15) is 26.9 Å². The van der Waals surface area contributed by atoms with Gasteiger partial charge in [-0.2, -0.15) is 27.7 Å². The van der Waals surface area contributed by atoms with E-state index in [-0.39, 0.29) is 43.6 Å². The summed E-state index contributed by atoms with van der Waals surface area (Å²) in [5.74, 6) is 1.16. The summed E-state index contributed by atoms with van der Waals surface area (Å²) in [6.45, 7) is 2.95. The quantitative estimate of drug-likeness (QED) is 0.451. The number of alkyl halides is 3. The fourth-order valence-corrected chi connectivity index (χ4v) is 5.22. The summed E-state index contributed by atoms with van der Waals surface area (Å²) < 4.78 is 77.6. The van der Waals surface area contributed by atoms with E-state index >= 15 is 0 Å². The lowest BCUT2D eigenvalue weighted by atomic mass is 10.2. The molecule has 12 heteroatoms. The molecule has 0 N–H and O–H groups in total. The van der Waals surface area contributed by atoms with Crippen LogP contribution in [0.4, 0.5) is 19.1 Å². The van der Waals surface area contributed by atoms with Crippen molar-refractivity contribution in [3.05, 3.63) is 59.8 Å². The molecule has 1 aliphatic rings. The number of benzene rings is 2. The Kier molecular flexibility index (Phi) is 7.23. The lowest BCUT2D eigenvalue weighted by Crippen LogP contribution is -2.48. The Balaban J connectivity index is 1.48. The molecule has 0 radical (unpaired) electrons. The van der Waals surface area contributed by atoms with Crippen molar-refractivity contribution < 1.29 is 30.7 Å². The molecule has 190 valence electrons. The monoisotopic (exact) mass is 520 g/mol. The third kappa shape index (κ3) is 5.32. The summed E-state index contributed by atoms with van der Waals surface area (Å²) >= 11 is 0. The van der Waals surface area contributed by atoms with Crippen LogP contribution >= 0.6 is 0 Å². The second-order valence-electron chi connectivity index (χ2n) is 8.07. The molecule has 0 spiro atoms. The van der Waals surface area contributed by atoms with Crippen LogP contribution in [0.5, 0.6) is 5.75 Å². The minimum Gasteiger partial charge on any atom is -0.494 e. The molecule has 36 heavy (non-hydrogen) atoms. The molecule has 8 nitrogen and oxygen atoms in total. The van der Waals surface area contributed by atoms with Crippen LogP contribution in [-0.2, 0) is 16.2 Å². The molecule has 0 aliphatic carbocycles. The number of aromatic nitrogens is 1. The van der Waals surface area contributed by atoms with Crippen molar-refractivity contribution >= 4 is 15.9 Å². The average molecular weight is 521 g/mol. The van der Waals surface area contributed by atoms with Crippen molar-refractivity contribution in [2.45, 2.75) is 24.4 Å². The normalized spacial score (nSPS) is 15.0. The Morgan fingerprint density at radius 1 is 1.11 bits per heavy atom. The van der Waals surface area contributed by atoms with Crippen molar-refractivity contribution in [2.75, 3.05) is 37.7 Å². The topological polar surface area (TPSA) is 99.7 Å². The number of ether oxygens (including phenoxy) is 1. The molecule has 0 bridgehead atoms. The van der Waals surface area contributed by atoms with Gasteiger partial charge in [-0.1, -0.05) is 13.0 Å². The number of rotatable bonds is 7. The molecule has 3 aromatic rings. The van der Waals surface area contributed by atoms with Crippen molar-refractivity contribution in [1.29, 1.82) is 5.26 Å². The van der Waals surface area contributed by atoms with E-state index in [0.717, 1.165) is 28.9 Å². The SMILES string of the molecule is CCCOc1ccc(-c2nc(C#N)c(N3CCN(S(=O)(=O)c4cccc(C(F)(F)F)c4)CC3)o2)cc1. The Morgan fingerprint density at radius 2 is 1.81 bits per heavy atom. The molecule has 0 amide bonds. The highest BCUT2D eigenvalue weighted by molar-refractivity contribution is 7.89. The van der Waals surface area contributed by atoms with Gasteiger partial charge in [0.25, 0.3) is 0 Å². The van der Waals surface area contributed by atoms with Crippen LogP contribution in [0.2, 0.25) is 0 Å². The summed E-state index contributed by atoms with van der Waals surface area (Å²) in [5.41, 5.74) is -0.321. The molecule has 0 saturated carbocycles. The Hall–Kier alpha value is -3.56. The second kappa shape index (κ2) is 10.2. The van der Waals surface area contributed by atoms with Crippen LogP contribution in [0.15, 0.2) is 57.8 Å². The number of hydrogen-bond donors (Lipinski definition) is 0. The highest BCUT2D eigenvalue weighted by Crippen LogP contribution is 2.33. The number of anilines is 1. The number of halogens is 3. The van der Waals surface area contributed by atoms with Crippen LogP contribution in [0.3, 0.4) is 0 Å². The van der Waals surface area contributed by atoms with E-state index in [4.69, 9.17) is 9.15 Å². The van der Waals surface area contributed by atoms with Gasteiger partial charge in [0, 0.05) is 31.7 Å². The van der Waals surface area contributed by atoms with Gasteiger partial charge in [-0.15, -0.1) is 0 Å². The number of sulfonamides is 1. The number of hydrogen-bond acceptors (Lipinski definition) is 7. The molecule has 1 aromatic heterocycles. The minimum absolute atomic E-state index is 0.00292. The lowest BCUT2D eigenvalue weighted by Gasteiger charge is -2.33. The van der Waals surface area contributed by atoms with E-state index in [1.165, 1.54) is 0 Å². The number of oxazole rings is 1. The summed E-state index contributed by atoms with van der Waals surface area (Å²) in [4.78, 5) is 5.55. The standard InChI is InChI=1S/C24H23F3N4O4S/c1-2-14-34-19-8-6-17(7-9-19)22-29-21(16-28)23(35-22)30-10-12-31(13-11-30)36(32,33)20-5-3-4-18(15-20)24(25,26)27/h3-9,15H,2,10-14H2,1H3. The molecule has 2 aromatic carbocycles. The van der Waals surface area contributed by atoms with Crippen molar-refractivity contribution in [2.24, 2.45) is 0 Å². The van der Waals surface area contributed by atoms with Gasteiger partial charge in [0.2, 0.25) is 27.5 Å². The first-order valence-electron chi connectivity index (χ1n) is 11.2. The largest absolute Gasteiger partial charge is 0.494 e. The predicted octanol–water partition coefficient (Wildman–Crippen LogP) is 4.53. The Labute approximate surface area is 206 Å². The summed E-state index contributed by atoms with van der Waals surface area (Å²) in [5, 5.41) is 9.55. The number of piperazine rings is 1. The van der Waals surface area contributed by atoms with Gasteiger partial charge in [-0.3, -0.25) is 0 Å². The molecule has 4 rings (SSSR count). The highest BCUT2D eigenvalue weighted by atomic mass is 32.2. The predicted molar refractivity (Wildman–Crippen MR) is 125 cm³/mol. The smallest absolute Gasteiger partial charge is 0.416 e. The molecular formula is C24H23F3N4O4S. The summed E-state index contributed by atoms with van der Waals surface area (Å²) in [6, 6.07) is 12.8. The molecule has 1 fully saturated rings. The van der Waals surface area contributed by atoms with E-state index < -0.39 is 26.7 Å². The average Bonchev–Trinajstić information content (AvgIpc) is 3.32. The first kappa shape index (κ1) is 25.5. The number of nitriles is 1. The van der Waals surface area contributed by atoms with Crippen LogP contribution in [0, 0.1) is 11.3 Å². The van der Waals surface area contributed by atoms with Gasteiger partial charge in [-0.25, -0.2) is 8.42 Å². The van der Waals surface area contributed by atoms with Gasteiger partial charge in [0.1, 0.15) is 11.8 Å². The molecule has 2 heterocycles. The molecular weight excluding hydrogens is 497 g/mol. The molecule has 1 saturated heterocycles. The summed E-state index contributed by atoms with van der Waals surface area (Å²) in [6.07, 6.45) is -3.77. The van der Waals surface area contributed by atoms with Crippen molar-refractivity contribution in [3.8, 4) is 23.3 Å². The first-order valence-corrected chi connectivity index (χ1v) is 12.6. The Bertz CT molecular complexity index is 1360. The van der Waals surface area contributed by atoms with E-state index in [2.05, 4.69) is 4.98 Å². The molecule has 0 unspecified atom stereocenters. The van der Waals surface area contributed by atoms with Gasteiger partial charge < -0.3 is 14.1 Å². The molecule has 1 aliphatic heterocycles. The van der Waals surface area contributed by atoms with Crippen LogP contribution in [-0.4, -0.2) is 50.5 Å².